The molecule has 2 aromatic carbocycles. The molecule has 3 heteroatoms. The van der Waals surface area contributed by atoms with Crippen LogP contribution in [-0.2, 0) is 0 Å². The molecule has 0 aliphatic heterocycles. The summed E-state index contributed by atoms with van der Waals surface area (Å²) < 4.78 is 5.21. The van der Waals surface area contributed by atoms with Gasteiger partial charge >= 0.3 is 5.76 Å². The smallest absolute Gasteiger partial charge is 0.407 e. The van der Waals surface area contributed by atoms with E-state index >= 15 is 0 Å². The lowest BCUT2D eigenvalue weighted by Gasteiger charge is -2.03. The lowest BCUT2D eigenvalue weighted by Crippen LogP contribution is -2.04. The van der Waals surface area contributed by atoms with Crippen LogP contribution in [0, 0.1) is 0 Å². The van der Waals surface area contributed by atoms with Crippen LogP contribution in [-0.4, -0.2) is 4.98 Å². The Hall–Kier alpha value is -2.42. The highest BCUT2D eigenvalue weighted by atomic mass is 16.4. The summed E-state index contributed by atoms with van der Waals surface area (Å²) in [6, 6.07) is 17.0. The number of para-hydroxylation sites is 1. The summed E-state index contributed by atoms with van der Waals surface area (Å²) in [6.45, 7) is 0. The Morgan fingerprint density at radius 1 is 0.882 bits per heavy atom. The lowest BCUT2D eigenvalue weighted by atomic mass is 10.1. The predicted molar refractivity (Wildman–Crippen MR) is 65.7 cm³/mol. The number of aromatic nitrogens is 1. The first-order chi connectivity index (χ1) is 8.34. The van der Waals surface area contributed by atoms with Gasteiger partial charge in [-0.25, -0.2) is 4.79 Å². The first-order valence-corrected chi connectivity index (χ1v) is 5.30. The van der Waals surface area contributed by atoms with Gasteiger partial charge in [-0.15, -0.1) is 0 Å². The van der Waals surface area contributed by atoms with Crippen molar-refractivity contribution in [2.75, 3.05) is 0 Å². The van der Waals surface area contributed by atoms with Crippen molar-refractivity contribution in [3.8, 4) is 11.3 Å². The lowest BCUT2D eigenvalue weighted by molar-refractivity contribution is 0.507. The molecule has 0 bridgehead atoms. The zero-order chi connectivity index (χ0) is 11.7. The fourth-order valence-corrected chi connectivity index (χ4v) is 1.83. The van der Waals surface area contributed by atoms with Crippen LogP contribution in [0.5, 0.6) is 0 Å². The molecule has 0 amide bonds. The summed E-state index contributed by atoms with van der Waals surface area (Å²) in [7, 11) is 0. The molecule has 3 aromatic rings. The largest absolute Gasteiger partial charge is 0.439 e. The zero-order valence-corrected chi connectivity index (χ0v) is 8.96. The molecule has 3 nitrogen and oxygen atoms in total. The van der Waals surface area contributed by atoms with E-state index in [0.29, 0.717) is 11.3 Å². The molecule has 0 N–H and O–H groups in total. The number of hydrogen-bond acceptors (Lipinski definition) is 3. The van der Waals surface area contributed by atoms with Gasteiger partial charge < -0.3 is 4.42 Å². The maximum Gasteiger partial charge on any atom is 0.439 e. The van der Waals surface area contributed by atoms with Gasteiger partial charge in [0, 0.05) is 10.9 Å². The monoisotopic (exact) mass is 223 g/mol. The minimum absolute atomic E-state index is 0.567. The second-order valence-corrected chi connectivity index (χ2v) is 3.69. The van der Waals surface area contributed by atoms with Crippen molar-refractivity contribution in [3.05, 3.63) is 65.1 Å². The topological polar surface area (TPSA) is 43.1 Å². The standard InChI is InChI=1S/C14H9NO2/c16-14-15-12-9-5-4-8-11(12)13(17-14)10-6-2-1-3-7-10/h1-9H. The molecule has 1 heterocycles. The normalized spacial score (nSPS) is 10.6. The Labute approximate surface area is 97.4 Å². The van der Waals surface area contributed by atoms with E-state index in [0.717, 1.165) is 10.9 Å². The van der Waals surface area contributed by atoms with E-state index in [1.54, 1.807) is 6.07 Å². The molecular weight excluding hydrogens is 214 g/mol. The van der Waals surface area contributed by atoms with E-state index in [4.69, 9.17) is 4.42 Å². The molecule has 17 heavy (non-hydrogen) atoms. The fraction of sp³-hybridized carbons (Fsp3) is 0. The van der Waals surface area contributed by atoms with Crippen LogP contribution in [0.3, 0.4) is 0 Å². The van der Waals surface area contributed by atoms with E-state index in [1.807, 2.05) is 48.5 Å². The average molecular weight is 223 g/mol. The fourth-order valence-electron chi connectivity index (χ4n) is 1.83. The molecule has 0 unspecified atom stereocenters. The molecule has 1 aromatic heterocycles. The molecule has 0 aliphatic carbocycles. The molecule has 0 atom stereocenters. The summed E-state index contributed by atoms with van der Waals surface area (Å²) in [5, 5.41) is 0.846. The molecule has 0 aliphatic rings. The highest BCUT2D eigenvalue weighted by molar-refractivity contribution is 5.90. The summed E-state index contributed by atoms with van der Waals surface area (Å²) in [4.78, 5) is 15.2. The first-order valence-electron chi connectivity index (χ1n) is 5.30. The third-order valence-electron chi connectivity index (χ3n) is 2.59. The van der Waals surface area contributed by atoms with Crippen molar-refractivity contribution >= 4 is 10.9 Å². The van der Waals surface area contributed by atoms with Crippen LogP contribution in [0.2, 0.25) is 0 Å². The van der Waals surface area contributed by atoms with E-state index in [-0.39, 0.29) is 0 Å². The summed E-state index contributed by atoms with van der Waals surface area (Å²) in [5.41, 5.74) is 1.53. The van der Waals surface area contributed by atoms with E-state index in [9.17, 15) is 4.79 Å². The van der Waals surface area contributed by atoms with Crippen LogP contribution in [0.1, 0.15) is 0 Å². The number of rotatable bonds is 1. The number of hydrogen-bond donors (Lipinski definition) is 0. The highest BCUT2D eigenvalue weighted by Crippen LogP contribution is 2.25. The van der Waals surface area contributed by atoms with Gasteiger partial charge in [0.15, 0.2) is 0 Å². The molecule has 0 saturated carbocycles. The second kappa shape index (κ2) is 3.87. The van der Waals surface area contributed by atoms with Crippen molar-refractivity contribution in [2.24, 2.45) is 0 Å². The minimum Gasteiger partial charge on any atom is -0.407 e. The summed E-state index contributed by atoms with van der Waals surface area (Å²) >= 11 is 0. The van der Waals surface area contributed by atoms with Crippen LogP contribution < -0.4 is 5.76 Å². The van der Waals surface area contributed by atoms with E-state index in [2.05, 4.69) is 4.98 Å². The molecule has 82 valence electrons. The van der Waals surface area contributed by atoms with Gasteiger partial charge in [0.05, 0.1) is 5.52 Å². The highest BCUT2D eigenvalue weighted by Gasteiger charge is 2.08. The van der Waals surface area contributed by atoms with Crippen LogP contribution in [0.4, 0.5) is 0 Å². The maximum absolute atomic E-state index is 11.4. The number of nitrogens with zero attached hydrogens (tertiary/aromatic N) is 1. The number of fused-ring (bicyclic) bond motifs is 1. The Balaban J connectivity index is 2.40. The quantitative estimate of drug-likeness (QED) is 0.637. The van der Waals surface area contributed by atoms with Crippen molar-refractivity contribution in [3.63, 3.8) is 0 Å². The molecule has 0 fully saturated rings. The molecular formula is C14H9NO2. The second-order valence-electron chi connectivity index (χ2n) is 3.69. The SMILES string of the molecule is O=c1nc2ccccc2c(-c2ccccc2)o1. The van der Waals surface area contributed by atoms with Gasteiger partial charge in [0.1, 0.15) is 5.76 Å². The summed E-state index contributed by atoms with van der Waals surface area (Å²) in [6.07, 6.45) is 0. The molecule has 0 spiro atoms. The molecule has 0 radical (unpaired) electrons. The third kappa shape index (κ3) is 1.72. The Morgan fingerprint density at radius 2 is 1.59 bits per heavy atom. The van der Waals surface area contributed by atoms with Crippen molar-refractivity contribution < 1.29 is 4.42 Å². The van der Waals surface area contributed by atoms with Crippen LogP contribution >= 0.6 is 0 Å². The van der Waals surface area contributed by atoms with E-state index < -0.39 is 5.76 Å². The average Bonchev–Trinajstić information content (AvgIpc) is 2.39. The van der Waals surface area contributed by atoms with Crippen molar-refractivity contribution in [2.45, 2.75) is 0 Å². The van der Waals surface area contributed by atoms with Crippen LogP contribution in [0.15, 0.2) is 63.8 Å². The first kappa shape index (κ1) is 9.78. The molecule has 0 saturated heterocycles. The van der Waals surface area contributed by atoms with E-state index in [1.165, 1.54) is 0 Å². The third-order valence-corrected chi connectivity index (χ3v) is 2.59. The Bertz CT molecular complexity index is 717. The summed E-state index contributed by atoms with van der Waals surface area (Å²) in [5.74, 6) is 0.00348. The van der Waals surface area contributed by atoms with Gasteiger partial charge in [0.25, 0.3) is 0 Å². The van der Waals surface area contributed by atoms with Gasteiger partial charge in [-0.3, -0.25) is 0 Å². The van der Waals surface area contributed by atoms with Gasteiger partial charge in [0.2, 0.25) is 0 Å². The van der Waals surface area contributed by atoms with Crippen LogP contribution in [0.25, 0.3) is 22.2 Å². The van der Waals surface area contributed by atoms with Gasteiger partial charge in [-0.2, -0.15) is 4.98 Å². The minimum atomic E-state index is -0.567. The zero-order valence-electron chi connectivity index (χ0n) is 8.96. The maximum atomic E-state index is 11.4. The Kier molecular flexibility index (Phi) is 2.22. The van der Waals surface area contributed by atoms with Crippen molar-refractivity contribution in [1.29, 1.82) is 0 Å². The van der Waals surface area contributed by atoms with Crippen molar-refractivity contribution in [1.82, 2.24) is 4.98 Å². The predicted octanol–water partition coefficient (Wildman–Crippen LogP) is 2.86. The van der Waals surface area contributed by atoms with Gasteiger partial charge in [-0.1, -0.05) is 42.5 Å². The molecule has 3 rings (SSSR count). The Morgan fingerprint density at radius 3 is 2.41 bits per heavy atom. The number of benzene rings is 2. The van der Waals surface area contributed by atoms with Gasteiger partial charge in [-0.05, 0) is 12.1 Å².